The van der Waals surface area contributed by atoms with Gasteiger partial charge in [0, 0.05) is 13.7 Å². The van der Waals surface area contributed by atoms with Crippen LogP contribution in [0.5, 0.6) is 0 Å². The van der Waals surface area contributed by atoms with E-state index in [4.69, 9.17) is 5.11 Å². The number of alkyl halides is 1. The van der Waals surface area contributed by atoms with Crippen LogP contribution in [-0.4, -0.2) is 42.8 Å². The van der Waals surface area contributed by atoms with Gasteiger partial charge in [0.25, 0.3) is 0 Å². The van der Waals surface area contributed by atoms with Crippen LogP contribution in [0.3, 0.4) is 0 Å². The van der Waals surface area contributed by atoms with Crippen molar-refractivity contribution in [3.05, 3.63) is 0 Å². The van der Waals surface area contributed by atoms with Gasteiger partial charge in [0.1, 0.15) is 6.17 Å². The summed E-state index contributed by atoms with van der Waals surface area (Å²) < 4.78 is 12.2. The van der Waals surface area contributed by atoms with Crippen LogP contribution in [0.15, 0.2) is 0 Å². The third-order valence-corrected chi connectivity index (χ3v) is 1.31. The van der Waals surface area contributed by atoms with Gasteiger partial charge < -0.3 is 10.0 Å². The van der Waals surface area contributed by atoms with Crippen LogP contribution < -0.4 is 0 Å². The lowest BCUT2D eigenvalue weighted by atomic mass is 10.4. The topological polar surface area (TPSA) is 40.5 Å². The predicted octanol–water partition coefficient (Wildman–Crippen LogP) is -0.205. The van der Waals surface area contributed by atoms with E-state index in [0.717, 1.165) is 7.11 Å². The van der Waals surface area contributed by atoms with Crippen LogP contribution in [0.25, 0.3) is 0 Å². The highest BCUT2D eigenvalue weighted by Crippen LogP contribution is 2.08. The van der Waals surface area contributed by atoms with E-state index < -0.39 is 6.17 Å². The fourth-order valence-electron chi connectivity index (χ4n) is 0.839. The molecule has 1 fully saturated rings. The van der Waals surface area contributed by atoms with Crippen molar-refractivity contribution in [2.24, 2.45) is 0 Å². The van der Waals surface area contributed by atoms with Crippen LogP contribution in [-0.2, 0) is 4.79 Å². The first-order valence-corrected chi connectivity index (χ1v) is 3.11. The molecule has 1 saturated heterocycles. The molecule has 3 nitrogen and oxygen atoms in total. The van der Waals surface area contributed by atoms with Gasteiger partial charge in [0.05, 0.1) is 6.54 Å². The minimum absolute atomic E-state index is 0.295. The molecule has 60 valence electrons. The zero-order valence-electron chi connectivity index (χ0n) is 5.96. The van der Waals surface area contributed by atoms with Crippen molar-refractivity contribution in [1.29, 1.82) is 0 Å². The third kappa shape index (κ3) is 2.77. The molecule has 0 spiro atoms. The maximum Gasteiger partial charge on any atom is 0.209 e. The summed E-state index contributed by atoms with van der Waals surface area (Å²) >= 11 is 0. The van der Waals surface area contributed by atoms with Crippen LogP contribution in [0.1, 0.15) is 6.42 Å². The number of likely N-dealkylation sites (tertiary alicyclic amines) is 1. The average Bonchev–Trinajstić information content (AvgIpc) is 2.40. The smallest absolute Gasteiger partial charge is 0.209 e. The van der Waals surface area contributed by atoms with Gasteiger partial charge >= 0.3 is 0 Å². The van der Waals surface area contributed by atoms with Gasteiger partial charge in [-0.1, -0.05) is 0 Å². The molecule has 10 heavy (non-hydrogen) atoms. The van der Waals surface area contributed by atoms with Crippen molar-refractivity contribution in [2.75, 3.05) is 20.2 Å². The van der Waals surface area contributed by atoms with Gasteiger partial charge in [-0.05, 0) is 6.42 Å². The zero-order chi connectivity index (χ0) is 7.98. The van der Waals surface area contributed by atoms with E-state index in [9.17, 15) is 9.18 Å². The first kappa shape index (κ1) is 9.36. The minimum Gasteiger partial charge on any atom is -0.400 e. The Balaban J connectivity index is 0.000000371. The predicted molar refractivity (Wildman–Crippen MR) is 35.3 cm³/mol. The van der Waals surface area contributed by atoms with E-state index in [1.54, 1.807) is 0 Å². The second-order valence-corrected chi connectivity index (χ2v) is 1.99. The summed E-state index contributed by atoms with van der Waals surface area (Å²) in [6.45, 7) is 0.883. The molecule has 0 aromatic heterocycles. The Morgan fingerprint density at radius 1 is 1.70 bits per heavy atom. The zero-order valence-corrected chi connectivity index (χ0v) is 5.96. The number of halogens is 1. The van der Waals surface area contributed by atoms with Crippen LogP contribution in [0.4, 0.5) is 4.39 Å². The first-order chi connectivity index (χ1) is 4.83. The number of hydrogen-bond donors (Lipinski definition) is 1. The Morgan fingerprint density at radius 2 is 2.30 bits per heavy atom. The van der Waals surface area contributed by atoms with E-state index in [-0.39, 0.29) is 0 Å². The van der Waals surface area contributed by atoms with Crippen molar-refractivity contribution in [3.63, 3.8) is 0 Å². The molecule has 1 unspecified atom stereocenters. The summed E-state index contributed by atoms with van der Waals surface area (Å²) in [5.74, 6) is 0. The van der Waals surface area contributed by atoms with Crippen molar-refractivity contribution >= 4 is 6.41 Å². The molecule has 1 rings (SSSR count). The minimum atomic E-state index is -0.778. The standard InChI is InChI=1S/C5H8FNO.CH4O/c6-5-1-2-7(3-5)4-8;1-2/h4-5H,1-3H2;2H,1H3. The summed E-state index contributed by atoms with van der Waals surface area (Å²) in [4.78, 5) is 11.4. The molecule has 4 heteroatoms. The highest BCUT2D eigenvalue weighted by Gasteiger charge is 2.19. The molecule has 0 aromatic rings. The fourth-order valence-corrected chi connectivity index (χ4v) is 0.839. The second-order valence-electron chi connectivity index (χ2n) is 1.99. The van der Waals surface area contributed by atoms with Gasteiger partial charge in [-0.25, -0.2) is 4.39 Å². The van der Waals surface area contributed by atoms with Crippen molar-refractivity contribution in [2.45, 2.75) is 12.6 Å². The van der Waals surface area contributed by atoms with E-state index in [2.05, 4.69) is 0 Å². The van der Waals surface area contributed by atoms with E-state index in [0.29, 0.717) is 25.9 Å². The van der Waals surface area contributed by atoms with Crippen molar-refractivity contribution in [3.8, 4) is 0 Å². The lowest BCUT2D eigenvalue weighted by molar-refractivity contribution is -0.117. The van der Waals surface area contributed by atoms with Gasteiger partial charge in [-0.2, -0.15) is 0 Å². The van der Waals surface area contributed by atoms with Crippen LogP contribution >= 0.6 is 0 Å². The van der Waals surface area contributed by atoms with Crippen molar-refractivity contribution < 1.29 is 14.3 Å². The summed E-state index contributed by atoms with van der Waals surface area (Å²) in [5, 5.41) is 7.00. The Labute approximate surface area is 59.4 Å². The number of aliphatic hydroxyl groups is 1. The highest BCUT2D eigenvalue weighted by atomic mass is 19.1. The molecule has 0 aliphatic carbocycles. The monoisotopic (exact) mass is 149 g/mol. The first-order valence-electron chi connectivity index (χ1n) is 3.11. The van der Waals surface area contributed by atoms with E-state index in [1.807, 2.05) is 0 Å². The number of nitrogens with zero attached hydrogens (tertiary/aromatic N) is 1. The maximum absolute atomic E-state index is 12.2. The SMILES string of the molecule is CO.O=CN1CCC(F)C1. The van der Waals surface area contributed by atoms with Gasteiger partial charge in [-0.15, -0.1) is 0 Å². The van der Waals surface area contributed by atoms with E-state index in [1.165, 1.54) is 4.90 Å². The molecule has 0 bridgehead atoms. The Hall–Kier alpha value is -0.640. The summed E-state index contributed by atoms with van der Waals surface area (Å²) in [6, 6.07) is 0. The highest BCUT2D eigenvalue weighted by molar-refractivity contribution is 5.47. The molecule has 1 atom stereocenters. The van der Waals surface area contributed by atoms with Crippen molar-refractivity contribution in [1.82, 2.24) is 4.90 Å². The summed E-state index contributed by atoms with van der Waals surface area (Å²) in [6.07, 6.45) is 0.429. The largest absolute Gasteiger partial charge is 0.400 e. The molecule has 1 aliphatic rings. The number of carbonyl (C=O) groups is 1. The molecule has 0 saturated carbocycles. The molecule has 0 radical (unpaired) electrons. The molecule has 1 N–H and O–H groups in total. The Morgan fingerprint density at radius 3 is 2.50 bits per heavy atom. The number of hydrogen-bond acceptors (Lipinski definition) is 2. The number of amides is 1. The quantitative estimate of drug-likeness (QED) is 0.524. The number of aliphatic hydroxyl groups excluding tert-OH is 1. The summed E-state index contributed by atoms with van der Waals surface area (Å²) in [5.41, 5.74) is 0. The number of carbonyl (C=O) groups excluding carboxylic acids is 1. The average molecular weight is 149 g/mol. The van der Waals surface area contributed by atoms with Gasteiger partial charge in [0.15, 0.2) is 0 Å². The normalized spacial score (nSPS) is 23.5. The molecular formula is C6H12FNO2. The van der Waals surface area contributed by atoms with E-state index >= 15 is 0 Å². The van der Waals surface area contributed by atoms with Gasteiger partial charge in [-0.3, -0.25) is 4.79 Å². The van der Waals surface area contributed by atoms with Crippen LogP contribution in [0.2, 0.25) is 0 Å². The molecule has 1 amide bonds. The molecular weight excluding hydrogens is 137 g/mol. The summed E-state index contributed by atoms with van der Waals surface area (Å²) in [7, 11) is 1.00. The van der Waals surface area contributed by atoms with Gasteiger partial charge in [0.2, 0.25) is 6.41 Å². The number of rotatable bonds is 1. The third-order valence-electron chi connectivity index (χ3n) is 1.31. The maximum atomic E-state index is 12.2. The van der Waals surface area contributed by atoms with Crippen LogP contribution in [0, 0.1) is 0 Å². The second kappa shape index (κ2) is 5.17. The Bertz CT molecular complexity index is 99.7. The molecule has 0 aromatic carbocycles. The lowest BCUT2D eigenvalue weighted by Crippen LogP contribution is -2.18. The molecule has 1 heterocycles. The molecule has 1 aliphatic heterocycles. The lowest BCUT2D eigenvalue weighted by Gasteiger charge is -2.03. The Kier molecular flexibility index (Phi) is 4.84. The fraction of sp³-hybridized carbons (Fsp3) is 0.833.